The molecule has 1 aliphatic rings. The number of benzene rings is 1. The number of hydrogen-bond donors (Lipinski definition) is 2. The number of thiocarbonyl (C=S) groups is 1. The molecule has 2 N–H and O–H groups in total. The molecule has 1 amide bonds. The van der Waals surface area contributed by atoms with Crippen molar-refractivity contribution in [2.75, 3.05) is 10.2 Å². The van der Waals surface area contributed by atoms with E-state index in [4.69, 9.17) is 12.2 Å². The van der Waals surface area contributed by atoms with E-state index in [2.05, 4.69) is 42.2 Å². The van der Waals surface area contributed by atoms with E-state index < -0.39 is 0 Å². The number of amides is 1. The summed E-state index contributed by atoms with van der Waals surface area (Å²) in [5.74, 6) is -0.0116. The highest BCUT2D eigenvalue weighted by molar-refractivity contribution is 7.80. The van der Waals surface area contributed by atoms with Crippen LogP contribution in [0.4, 0.5) is 11.4 Å². The molecule has 0 radical (unpaired) electrons. The molecule has 1 aromatic carbocycles. The monoisotopic (exact) mass is 482 g/mol. The van der Waals surface area contributed by atoms with Gasteiger partial charge in [-0.15, -0.1) is 0 Å². The van der Waals surface area contributed by atoms with Gasteiger partial charge in [-0.3, -0.25) is 14.8 Å². The average molecular weight is 483 g/mol. The summed E-state index contributed by atoms with van der Waals surface area (Å²) in [6.45, 7) is 3.83. The van der Waals surface area contributed by atoms with Gasteiger partial charge in [-0.25, -0.2) is 0 Å². The highest BCUT2D eigenvalue weighted by atomic mass is 32.1. The first-order valence-corrected chi connectivity index (χ1v) is 12.0. The van der Waals surface area contributed by atoms with E-state index in [-0.39, 0.29) is 18.0 Å². The molecule has 8 heteroatoms. The van der Waals surface area contributed by atoms with E-state index in [1.807, 2.05) is 68.6 Å². The molecule has 176 valence electrons. The maximum Gasteiger partial charge on any atom is 0.224 e. The van der Waals surface area contributed by atoms with Crippen LogP contribution in [0.5, 0.6) is 0 Å². The van der Waals surface area contributed by atoms with Crippen molar-refractivity contribution >= 4 is 34.6 Å². The maximum atomic E-state index is 11.9. The molecule has 0 bridgehead atoms. The van der Waals surface area contributed by atoms with Gasteiger partial charge in [0, 0.05) is 54.0 Å². The molecule has 3 aromatic heterocycles. The summed E-state index contributed by atoms with van der Waals surface area (Å²) in [7, 11) is 0. The number of hydrogen-bond acceptors (Lipinski definition) is 4. The van der Waals surface area contributed by atoms with Crippen LogP contribution in [0.25, 0.3) is 5.69 Å². The van der Waals surface area contributed by atoms with E-state index in [1.165, 1.54) is 0 Å². The Morgan fingerprint density at radius 1 is 1.06 bits per heavy atom. The molecular weight excluding hydrogens is 456 g/mol. The zero-order valence-electron chi connectivity index (χ0n) is 19.6. The summed E-state index contributed by atoms with van der Waals surface area (Å²) in [5.41, 5.74) is 5.72. The highest BCUT2D eigenvalue weighted by Gasteiger charge is 2.42. The summed E-state index contributed by atoms with van der Waals surface area (Å²) >= 11 is 5.87. The van der Waals surface area contributed by atoms with Crippen LogP contribution in [0.3, 0.4) is 0 Å². The van der Waals surface area contributed by atoms with Crippen LogP contribution in [0, 0.1) is 6.92 Å². The zero-order chi connectivity index (χ0) is 24.4. The van der Waals surface area contributed by atoms with Crippen LogP contribution in [0.15, 0.2) is 85.5 Å². The lowest BCUT2D eigenvalue weighted by Gasteiger charge is -2.29. The molecule has 0 aliphatic carbocycles. The standard InChI is InChI=1S/C27H26N6OS/c1-3-24(34)30-21-10-9-20(17-18(21)2)33-26(25(31-27(33)35)22-7-4-5-13-29-22)23-8-6-16-32(23)19-11-14-28-15-12-19/h4-17,25-26H,3H2,1-2H3,(H,30,34)(H,31,35)/t25-,26-/m1/s1. The van der Waals surface area contributed by atoms with E-state index in [1.54, 1.807) is 18.6 Å². The molecule has 0 saturated carbocycles. The fourth-order valence-corrected chi connectivity index (χ4v) is 4.83. The quantitative estimate of drug-likeness (QED) is 0.373. The minimum absolute atomic E-state index is 0.0116. The van der Waals surface area contributed by atoms with Gasteiger partial charge >= 0.3 is 0 Å². The molecule has 4 heterocycles. The van der Waals surface area contributed by atoms with Gasteiger partial charge < -0.3 is 20.1 Å². The summed E-state index contributed by atoms with van der Waals surface area (Å²) < 4.78 is 2.16. The largest absolute Gasteiger partial charge is 0.351 e. The zero-order valence-corrected chi connectivity index (χ0v) is 20.4. The Bertz CT molecular complexity index is 1350. The van der Waals surface area contributed by atoms with Gasteiger partial charge in [0.05, 0.1) is 11.7 Å². The van der Waals surface area contributed by atoms with Gasteiger partial charge in [0.25, 0.3) is 0 Å². The molecule has 4 aromatic rings. The van der Waals surface area contributed by atoms with E-state index in [0.717, 1.165) is 34.0 Å². The van der Waals surface area contributed by atoms with E-state index in [0.29, 0.717) is 11.5 Å². The Morgan fingerprint density at radius 2 is 1.89 bits per heavy atom. The van der Waals surface area contributed by atoms with Crippen LogP contribution in [0.1, 0.15) is 42.4 Å². The van der Waals surface area contributed by atoms with Crippen LogP contribution < -0.4 is 15.5 Å². The number of pyridine rings is 2. The number of anilines is 2. The lowest BCUT2D eigenvalue weighted by Crippen LogP contribution is -2.30. The summed E-state index contributed by atoms with van der Waals surface area (Å²) in [6, 6.07) is 19.7. The second-order valence-electron chi connectivity index (χ2n) is 8.41. The fourth-order valence-electron chi connectivity index (χ4n) is 4.48. The topological polar surface area (TPSA) is 75.1 Å². The van der Waals surface area contributed by atoms with Crippen LogP contribution >= 0.6 is 12.2 Å². The lowest BCUT2D eigenvalue weighted by molar-refractivity contribution is -0.115. The molecule has 1 saturated heterocycles. The van der Waals surface area contributed by atoms with Crippen molar-refractivity contribution < 1.29 is 4.79 Å². The molecule has 1 fully saturated rings. The fraction of sp³-hybridized carbons (Fsp3) is 0.185. The minimum atomic E-state index is -0.156. The summed E-state index contributed by atoms with van der Waals surface area (Å²) in [4.78, 5) is 22.9. The predicted molar refractivity (Wildman–Crippen MR) is 142 cm³/mol. The van der Waals surface area contributed by atoms with Gasteiger partial charge in [-0.1, -0.05) is 13.0 Å². The Labute approximate surface area is 209 Å². The Morgan fingerprint density at radius 3 is 2.60 bits per heavy atom. The summed E-state index contributed by atoms with van der Waals surface area (Å²) in [5, 5.41) is 7.10. The molecule has 0 unspecified atom stereocenters. The second-order valence-corrected chi connectivity index (χ2v) is 8.79. The van der Waals surface area contributed by atoms with E-state index in [9.17, 15) is 4.79 Å². The number of nitrogens with one attached hydrogen (secondary N) is 2. The minimum Gasteiger partial charge on any atom is -0.351 e. The third kappa shape index (κ3) is 4.40. The first-order chi connectivity index (χ1) is 17.1. The second kappa shape index (κ2) is 9.68. The highest BCUT2D eigenvalue weighted by Crippen LogP contribution is 2.42. The normalized spacial score (nSPS) is 17.3. The molecule has 35 heavy (non-hydrogen) atoms. The lowest BCUT2D eigenvalue weighted by atomic mass is 10.0. The van der Waals surface area contributed by atoms with Crippen LogP contribution in [-0.2, 0) is 4.79 Å². The van der Waals surface area contributed by atoms with E-state index >= 15 is 0 Å². The first-order valence-electron chi connectivity index (χ1n) is 11.6. The van der Waals surface area contributed by atoms with Gasteiger partial charge in [0.15, 0.2) is 5.11 Å². The van der Waals surface area contributed by atoms with Gasteiger partial charge in [0.2, 0.25) is 5.91 Å². The Kier molecular flexibility index (Phi) is 6.29. The summed E-state index contributed by atoms with van der Waals surface area (Å²) in [6.07, 6.45) is 7.86. The van der Waals surface area contributed by atoms with Gasteiger partial charge in [0.1, 0.15) is 6.04 Å². The van der Waals surface area contributed by atoms with Gasteiger partial charge in [-0.05, 0) is 79.3 Å². The van der Waals surface area contributed by atoms with Crippen molar-refractivity contribution in [1.29, 1.82) is 0 Å². The molecular formula is C27H26N6OS. The number of carbonyl (C=O) groups is 1. The van der Waals surface area contributed by atoms with Crippen LogP contribution in [-0.4, -0.2) is 25.6 Å². The van der Waals surface area contributed by atoms with Crippen molar-refractivity contribution in [3.63, 3.8) is 0 Å². The Hall–Kier alpha value is -4.04. The van der Waals surface area contributed by atoms with Gasteiger partial charge in [-0.2, -0.15) is 0 Å². The van der Waals surface area contributed by atoms with Crippen molar-refractivity contribution in [3.05, 3.63) is 102 Å². The maximum absolute atomic E-state index is 11.9. The average Bonchev–Trinajstić information content (AvgIpc) is 3.50. The molecule has 1 aliphatic heterocycles. The number of rotatable bonds is 6. The third-order valence-corrected chi connectivity index (χ3v) is 6.52. The smallest absolute Gasteiger partial charge is 0.224 e. The molecule has 7 nitrogen and oxygen atoms in total. The van der Waals surface area contributed by atoms with Crippen molar-refractivity contribution in [2.45, 2.75) is 32.4 Å². The van der Waals surface area contributed by atoms with Crippen LogP contribution in [0.2, 0.25) is 0 Å². The van der Waals surface area contributed by atoms with Crippen molar-refractivity contribution in [1.82, 2.24) is 19.9 Å². The molecule has 5 rings (SSSR count). The molecule has 2 atom stereocenters. The number of nitrogens with zero attached hydrogens (tertiary/aromatic N) is 4. The predicted octanol–water partition coefficient (Wildman–Crippen LogP) is 5.10. The third-order valence-electron chi connectivity index (χ3n) is 6.21. The van der Waals surface area contributed by atoms with Crippen molar-refractivity contribution in [2.24, 2.45) is 0 Å². The first kappa shape index (κ1) is 22.7. The number of aromatic nitrogens is 3. The molecule has 0 spiro atoms. The SMILES string of the molecule is CCC(=O)Nc1ccc(N2C(=S)N[C@H](c3ccccn3)[C@H]2c2cccn2-c2ccncc2)cc1C. The number of carbonyl (C=O) groups excluding carboxylic acids is 1. The Balaban J connectivity index is 1.61. The van der Waals surface area contributed by atoms with Crippen molar-refractivity contribution in [3.8, 4) is 5.69 Å². The number of aryl methyl sites for hydroxylation is 1.